The summed E-state index contributed by atoms with van der Waals surface area (Å²) in [6.07, 6.45) is 6.02. The summed E-state index contributed by atoms with van der Waals surface area (Å²) < 4.78 is 5.22. The van der Waals surface area contributed by atoms with Gasteiger partial charge in [0.15, 0.2) is 0 Å². The Morgan fingerprint density at radius 1 is 1.50 bits per heavy atom. The van der Waals surface area contributed by atoms with Crippen molar-refractivity contribution in [2.75, 3.05) is 6.61 Å². The molecular formula is C18H24O2. The standard InChI is InChI=1S/C18H24O2/c1-4-18(3,17(19)20-5-2)13-15-11-8-10-14-9-6-7-12-16(14)15/h4,6-7,9,12,15H,1,5,8,10-11,13H2,2-3H3. The Kier molecular flexibility index (Phi) is 4.64. The molecule has 2 unspecified atom stereocenters. The third-order valence-electron chi connectivity index (χ3n) is 4.36. The highest BCUT2D eigenvalue weighted by Crippen LogP contribution is 2.40. The number of carbonyl (C=O) groups is 1. The van der Waals surface area contributed by atoms with Crippen LogP contribution in [0.2, 0.25) is 0 Å². The van der Waals surface area contributed by atoms with Gasteiger partial charge >= 0.3 is 5.97 Å². The number of aryl methyl sites for hydroxylation is 1. The van der Waals surface area contributed by atoms with Gasteiger partial charge in [0.1, 0.15) is 0 Å². The number of ether oxygens (including phenoxy) is 1. The molecule has 0 spiro atoms. The topological polar surface area (TPSA) is 26.3 Å². The molecule has 0 bridgehead atoms. The van der Waals surface area contributed by atoms with Gasteiger partial charge < -0.3 is 4.74 Å². The lowest BCUT2D eigenvalue weighted by Gasteiger charge is -2.32. The number of esters is 1. The van der Waals surface area contributed by atoms with Gasteiger partial charge in [-0.15, -0.1) is 6.58 Å². The molecule has 1 aromatic carbocycles. The van der Waals surface area contributed by atoms with E-state index in [-0.39, 0.29) is 5.97 Å². The van der Waals surface area contributed by atoms with Crippen molar-refractivity contribution in [1.82, 2.24) is 0 Å². The van der Waals surface area contributed by atoms with Crippen molar-refractivity contribution in [3.63, 3.8) is 0 Å². The normalized spacial score (nSPS) is 20.6. The van der Waals surface area contributed by atoms with Gasteiger partial charge in [0.05, 0.1) is 12.0 Å². The minimum absolute atomic E-state index is 0.155. The lowest BCUT2D eigenvalue weighted by Crippen LogP contribution is -2.30. The molecule has 2 atom stereocenters. The molecule has 2 heteroatoms. The van der Waals surface area contributed by atoms with Crippen LogP contribution >= 0.6 is 0 Å². The van der Waals surface area contributed by atoms with Gasteiger partial charge in [-0.3, -0.25) is 4.79 Å². The van der Waals surface area contributed by atoms with Crippen LogP contribution in [-0.4, -0.2) is 12.6 Å². The highest BCUT2D eigenvalue weighted by Gasteiger charge is 2.35. The van der Waals surface area contributed by atoms with E-state index in [9.17, 15) is 4.79 Å². The zero-order chi connectivity index (χ0) is 14.6. The van der Waals surface area contributed by atoms with Crippen LogP contribution in [0.5, 0.6) is 0 Å². The fourth-order valence-corrected chi connectivity index (χ4v) is 3.12. The molecule has 1 aliphatic rings. The maximum atomic E-state index is 12.2. The highest BCUT2D eigenvalue weighted by atomic mass is 16.5. The number of hydrogen-bond donors (Lipinski definition) is 0. The Hall–Kier alpha value is -1.57. The largest absolute Gasteiger partial charge is 0.465 e. The van der Waals surface area contributed by atoms with Crippen molar-refractivity contribution in [2.45, 2.75) is 45.4 Å². The molecule has 2 nitrogen and oxygen atoms in total. The fraction of sp³-hybridized carbons (Fsp3) is 0.500. The van der Waals surface area contributed by atoms with Gasteiger partial charge in [0, 0.05) is 0 Å². The van der Waals surface area contributed by atoms with Crippen LogP contribution in [0.4, 0.5) is 0 Å². The highest BCUT2D eigenvalue weighted by molar-refractivity contribution is 5.78. The van der Waals surface area contributed by atoms with E-state index < -0.39 is 5.41 Å². The number of hydrogen-bond acceptors (Lipinski definition) is 2. The second-order valence-corrected chi connectivity index (χ2v) is 5.83. The molecule has 0 aliphatic heterocycles. The number of benzene rings is 1. The Morgan fingerprint density at radius 2 is 2.25 bits per heavy atom. The number of carbonyl (C=O) groups excluding carboxylic acids is 1. The van der Waals surface area contributed by atoms with Gasteiger partial charge in [-0.2, -0.15) is 0 Å². The predicted octanol–water partition coefficient (Wildman–Crippen LogP) is 4.25. The van der Waals surface area contributed by atoms with E-state index in [1.165, 1.54) is 17.5 Å². The summed E-state index contributed by atoms with van der Waals surface area (Å²) in [7, 11) is 0. The van der Waals surface area contributed by atoms with Crippen molar-refractivity contribution < 1.29 is 9.53 Å². The first-order valence-corrected chi connectivity index (χ1v) is 7.49. The third kappa shape index (κ3) is 2.95. The number of rotatable bonds is 5. The van der Waals surface area contributed by atoms with Gasteiger partial charge in [-0.1, -0.05) is 30.3 Å². The Labute approximate surface area is 121 Å². The second-order valence-electron chi connectivity index (χ2n) is 5.83. The van der Waals surface area contributed by atoms with Crippen LogP contribution in [0.3, 0.4) is 0 Å². The summed E-state index contributed by atoms with van der Waals surface area (Å²) in [4.78, 5) is 12.2. The van der Waals surface area contributed by atoms with Crippen LogP contribution in [0, 0.1) is 5.41 Å². The zero-order valence-corrected chi connectivity index (χ0v) is 12.5. The quantitative estimate of drug-likeness (QED) is 0.591. The molecule has 0 radical (unpaired) electrons. The van der Waals surface area contributed by atoms with Crippen molar-refractivity contribution in [3.8, 4) is 0 Å². The third-order valence-corrected chi connectivity index (χ3v) is 4.36. The summed E-state index contributed by atoms with van der Waals surface area (Å²) in [6.45, 7) is 8.06. The first-order chi connectivity index (χ1) is 9.60. The van der Waals surface area contributed by atoms with E-state index in [1.807, 2.05) is 13.8 Å². The lowest BCUT2D eigenvalue weighted by atomic mass is 9.73. The molecule has 0 fully saturated rings. The maximum Gasteiger partial charge on any atom is 0.315 e. The van der Waals surface area contributed by atoms with Crippen LogP contribution in [0.25, 0.3) is 0 Å². The van der Waals surface area contributed by atoms with Crippen molar-refractivity contribution >= 4 is 5.97 Å². The van der Waals surface area contributed by atoms with Crippen molar-refractivity contribution in [2.24, 2.45) is 5.41 Å². The van der Waals surface area contributed by atoms with Crippen LogP contribution < -0.4 is 0 Å². The van der Waals surface area contributed by atoms with E-state index in [0.717, 1.165) is 19.3 Å². The lowest BCUT2D eigenvalue weighted by molar-refractivity contribution is -0.152. The molecule has 0 saturated heterocycles. The monoisotopic (exact) mass is 272 g/mol. The van der Waals surface area contributed by atoms with Gasteiger partial charge in [0.25, 0.3) is 0 Å². The molecule has 1 aliphatic carbocycles. The van der Waals surface area contributed by atoms with E-state index >= 15 is 0 Å². The average Bonchev–Trinajstić information content (AvgIpc) is 2.48. The molecule has 0 heterocycles. The molecule has 20 heavy (non-hydrogen) atoms. The van der Waals surface area contributed by atoms with Crippen molar-refractivity contribution in [1.29, 1.82) is 0 Å². The molecule has 0 N–H and O–H groups in total. The zero-order valence-electron chi connectivity index (χ0n) is 12.5. The van der Waals surface area contributed by atoms with E-state index in [1.54, 1.807) is 6.08 Å². The number of fused-ring (bicyclic) bond motifs is 1. The van der Waals surface area contributed by atoms with E-state index in [4.69, 9.17) is 4.74 Å². The molecule has 0 saturated carbocycles. The summed E-state index contributed by atoms with van der Waals surface area (Å²) in [5.74, 6) is 0.269. The van der Waals surface area contributed by atoms with E-state index in [0.29, 0.717) is 12.5 Å². The second kappa shape index (κ2) is 6.25. The Morgan fingerprint density at radius 3 is 2.95 bits per heavy atom. The Bertz CT molecular complexity index is 492. The van der Waals surface area contributed by atoms with Gasteiger partial charge in [0.2, 0.25) is 0 Å². The fourth-order valence-electron chi connectivity index (χ4n) is 3.12. The maximum absolute atomic E-state index is 12.2. The molecule has 2 rings (SSSR count). The molecular weight excluding hydrogens is 248 g/mol. The summed E-state index contributed by atoms with van der Waals surface area (Å²) in [6, 6.07) is 8.59. The van der Waals surface area contributed by atoms with Gasteiger partial charge in [-0.05, 0) is 56.6 Å². The Balaban J connectivity index is 2.21. The van der Waals surface area contributed by atoms with E-state index in [2.05, 4.69) is 30.8 Å². The van der Waals surface area contributed by atoms with Gasteiger partial charge in [-0.25, -0.2) is 0 Å². The molecule has 1 aromatic rings. The SMILES string of the molecule is C=CC(C)(CC1CCCc2ccccc21)C(=O)OCC. The summed E-state index contributed by atoms with van der Waals surface area (Å²) in [5.41, 5.74) is 2.24. The summed E-state index contributed by atoms with van der Waals surface area (Å²) in [5, 5.41) is 0. The molecule has 0 amide bonds. The molecule has 0 aromatic heterocycles. The van der Waals surface area contributed by atoms with Crippen molar-refractivity contribution in [3.05, 3.63) is 48.0 Å². The smallest absolute Gasteiger partial charge is 0.315 e. The minimum atomic E-state index is -0.592. The van der Waals surface area contributed by atoms with Crippen LogP contribution in [0.1, 0.15) is 50.2 Å². The van der Waals surface area contributed by atoms with Crippen LogP contribution in [0.15, 0.2) is 36.9 Å². The first-order valence-electron chi connectivity index (χ1n) is 7.49. The summed E-state index contributed by atoms with van der Waals surface area (Å²) >= 11 is 0. The molecule has 108 valence electrons. The van der Waals surface area contributed by atoms with Crippen LogP contribution in [-0.2, 0) is 16.0 Å². The predicted molar refractivity (Wildman–Crippen MR) is 81.7 cm³/mol. The minimum Gasteiger partial charge on any atom is -0.465 e. The first kappa shape index (κ1) is 14.8. The average molecular weight is 272 g/mol.